The smallest absolute Gasteiger partial charge is 0.266 e. The molecule has 0 unspecified atom stereocenters. The Bertz CT molecular complexity index is 973. The number of amides is 1. The van der Waals surface area contributed by atoms with Gasteiger partial charge in [0, 0.05) is 44.6 Å². The van der Waals surface area contributed by atoms with Gasteiger partial charge in [-0.05, 0) is 20.3 Å². The maximum atomic E-state index is 12.5. The van der Waals surface area contributed by atoms with Gasteiger partial charge in [-0.25, -0.2) is 9.97 Å². The molecular formula is C17H21N7O3. The molecule has 3 rings (SSSR count). The largest absolute Gasteiger partial charge is 0.356 e. The van der Waals surface area contributed by atoms with E-state index in [-0.39, 0.29) is 35.9 Å². The number of nitrogens with zero attached hydrogens (tertiary/aromatic N) is 6. The van der Waals surface area contributed by atoms with Gasteiger partial charge in [0.15, 0.2) is 5.82 Å². The predicted octanol–water partition coefficient (Wildman–Crippen LogP) is 0.703. The Kier molecular flexibility index (Phi) is 5.74. The summed E-state index contributed by atoms with van der Waals surface area (Å²) in [5, 5.41) is 6.53. The lowest BCUT2D eigenvalue weighted by Gasteiger charge is -2.08. The van der Waals surface area contributed by atoms with E-state index in [0.717, 1.165) is 18.8 Å². The van der Waals surface area contributed by atoms with Crippen molar-refractivity contribution in [2.45, 2.75) is 39.8 Å². The molecule has 27 heavy (non-hydrogen) atoms. The lowest BCUT2D eigenvalue weighted by Crippen LogP contribution is -2.29. The van der Waals surface area contributed by atoms with Gasteiger partial charge in [0.1, 0.15) is 11.4 Å². The Labute approximate surface area is 155 Å². The molecule has 0 fully saturated rings. The molecule has 3 aromatic heterocycles. The molecule has 0 aromatic carbocycles. The molecule has 0 aliphatic heterocycles. The summed E-state index contributed by atoms with van der Waals surface area (Å²) >= 11 is 0. The molecule has 0 aliphatic carbocycles. The third-order valence-corrected chi connectivity index (χ3v) is 4.06. The molecule has 0 aliphatic rings. The zero-order valence-electron chi connectivity index (χ0n) is 15.3. The Balaban J connectivity index is 1.49. The van der Waals surface area contributed by atoms with E-state index >= 15 is 0 Å². The normalized spacial score (nSPS) is 10.9. The summed E-state index contributed by atoms with van der Waals surface area (Å²) in [5.74, 6) is 1.39. The van der Waals surface area contributed by atoms with Crippen molar-refractivity contribution in [3.8, 4) is 11.5 Å². The molecule has 0 spiro atoms. The Morgan fingerprint density at radius 1 is 1.26 bits per heavy atom. The third kappa shape index (κ3) is 4.66. The van der Waals surface area contributed by atoms with Crippen molar-refractivity contribution >= 4 is 5.91 Å². The summed E-state index contributed by atoms with van der Waals surface area (Å²) in [5.41, 5.74) is -0.105. The number of nitrogens with one attached hydrogen (secondary N) is 1. The van der Waals surface area contributed by atoms with Crippen molar-refractivity contribution < 1.29 is 9.32 Å². The van der Waals surface area contributed by atoms with E-state index in [4.69, 9.17) is 4.52 Å². The van der Waals surface area contributed by atoms with Crippen LogP contribution in [0.3, 0.4) is 0 Å². The average molecular weight is 371 g/mol. The number of hydrogen-bond donors (Lipinski definition) is 1. The number of rotatable bonds is 8. The minimum Gasteiger partial charge on any atom is -0.356 e. The first-order valence-electron chi connectivity index (χ1n) is 8.64. The van der Waals surface area contributed by atoms with Crippen LogP contribution in [0, 0.1) is 13.8 Å². The molecule has 0 saturated heterocycles. The van der Waals surface area contributed by atoms with Crippen LogP contribution < -0.4 is 10.9 Å². The molecule has 10 heteroatoms. The summed E-state index contributed by atoms with van der Waals surface area (Å²) in [7, 11) is 0. The van der Waals surface area contributed by atoms with E-state index in [0.29, 0.717) is 12.4 Å². The molecular weight excluding hydrogens is 350 g/mol. The highest BCUT2D eigenvalue weighted by Crippen LogP contribution is 2.10. The van der Waals surface area contributed by atoms with Gasteiger partial charge in [-0.1, -0.05) is 5.16 Å². The zero-order valence-corrected chi connectivity index (χ0v) is 15.3. The number of carbonyl (C=O) groups is 1. The van der Waals surface area contributed by atoms with Gasteiger partial charge in [-0.2, -0.15) is 4.98 Å². The van der Waals surface area contributed by atoms with Crippen LogP contribution in [0.2, 0.25) is 0 Å². The predicted molar refractivity (Wildman–Crippen MR) is 95.7 cm³/mol. The van der Waals surface area contributed by atoms with Crippen LogP contribution in [-0.4, -0.2) is 41.7 Å². The second-order valence-corrected chi connectivity index (χ2v) is 6.07. The van der Waals surface area contributed by atoms with Crippen LogP contribution in [0.5, 0.6) is 0 Å². The lowest BCUT2D eigenvalue weighted by molar-refractivity contribution is -0.121. The van der Waals surface area contributed by atoms with Crippen molar-refractivity contribution in [2.24, 2.45) is 0 Å². The molecule has 142 valence electrons. The van der Waals surface area contributed by atoms with Crippen molar-refractivity contribution in [2.75, 3.05) is 6.54 Å². The summed E-state index contributed by atoms with van der Waals surface area (Å²) in [4.78, 5) is 36.7. The summed E-state index contributed by atoms with van der Waals surface area (Å²) in [6.45, 7) is 5.18. The first kappa shape index (κ1) is 18.5. The van der Waals surface area contributed by atoms with Gasteiger partial charge in [0.25, 0.3) is 11.4 Å². The molecule has 1 N–H and O–H groups in total. The SMILES string of the molecule is Cc1noc(-c2cncn(CCC(=O)NCCCn3ccnc3C)c2=O)n1. The van der Waals surface area contributed by atoms with Crippen molar-refractivity contribution in [3.05, 3.63) is 46.9 Å². The highest BCUT2D eigenvalue weighted by atomic mass is 16.5. The quantitative estimate of drug-likeness (QED) is 0.579. The van der Waals surface area contributed by atoms with Gasteiger partial charge in [0.05, 0.1) is 6.33 Å². The topological polar surface area (TPSA) is 121 Å². The second-order valence-electron chi connectivity index (χ2n) is 6.07. The van der Waals surface area contributed by atoms with Crippen LogP contribution >= 0.6 is 0 Å². The molecule has 10 nitrogen and oxygen atoms in total. The van der Waals surface area contributed by atoms with Crippen molar-refractivity contribution in [3.63, 3.8) is 0 Å². The van der Waals surface area contributed by atoms with Crippen molar-refractivity contribution in [1.82, 2.24) is 34.6 Å². The fraction of sp³-hybridized carbons (Fsp3) is 0.412. The maximum absolute atomic E-state index is 12.5. The van der Waals surface area contributed by atoms with Crippen molar-refractivity contribution in [1.29, 1.82) is 0 Å². The first-order chi connectivity index (χ1) is 13.0. The van der Waals surface area contributed by atoms with Crippen LogP contribution in [0.1, 0.15) is 24.5 Å². The summed E-state index contributed by atoms with van der Waals surface area (Å²) in [6.07, 6.45) is 7.42. The third-order valence-electron chi connectivity index (χ3n) is 4.06. The lowest BCUT2D eigenvalue weighted by atomic mass is 10.3. The Hall–Kier alpha value is -3.30. The molecule has 1 amide bonds. The molecule has 3 aromatic rings. The monoisotopic (exact) mass is 371 g/mol. The molecule has 0 bridgehead atoms. The first-order valence-corrected chi connectivity index (χ1v) is 8.64. The highest BCUT2D eigenvalue weighted by Gasteiger charge is 2.13. The number of imidazole rings is 1. The van der Waals surface area contributed by atoms with E-state index < -0.39 is 0 Å². The van der Waals surface area contributed by atoms with Gasteiger partial charge in [0.2, 0.25) is 5.91 Å². The van der Waals surface area contributed by atoms with Gasteiger partial charge < -0.3 is 14.4 Å². The van der Waals surface area contributed by atoms with Crippen LogP contribution in [0.25, 0.3) is 11.5 Å². The van der Waals surface area contributed by atoms with E-state index in [1.807, 2.05) is 17.7 Å². The van der Waals surface area contributed by atoms with Gasteiger partial charge >= 0.3 is 0 Å². The minimum absolute atomic E-state index is 0.122. The van der Waals surface area contributed by atoms with Gasteiger partial charge in [-0.15, -0.1) is 0 Å². The molecule has 0 saturated carbocycles. The maximum Gasteiger partial charge on any atom is 0.266 e. The van der Waals surface area contributed by atoms with E-state index in [1.165, 1.54) is 17.1 Å². The van der Waals surface area contributed by atoms with Gasteiger partial charge in [-0.3, -0.25) is 14.2 Å². The average Bonchev–Trinajstić information content (AvgIpc) is 3.26. The summed E-state index contributed by atoms with van der Waals surface area (Å²) in [6, 6.07) is 0. The van der Waals surface area contributed by atoms with Crippen LogP contribution in [0.4, 0.5) is 0 Å². The van der Waals surface area contributed by atoms with E-state index in [2.05, 4.69) is 25.4 Å². The fourth-order valence-electron chi connectivity index (χ4n) is 2.59. The fourth-order valence-corrected chi connectivity index (χ4v) is 2.59. The highest BCUT2D eigenvalue weighted by molar-refractivity contribution is 5.75. The van der Waals surface area contributed by atoms with Crippen LogP contribution in [-0.2, 0) is 17.9 Å². The minimum atomic E-state index is -0.322. The zero-order chi connectivity index (χ0) is 19.2. The second kappa shape index (κ2) is 8.39. The molecule has 0 radical (unpaired) electrons. The molecule has 3 heterocycles. The Morgan fingerprint density at radius 3 is 2.81 bits per heavy atom. The summed E-state index contributed by atoms with van der Waals surface area (Å²) < 4.78 is 8.41. The molecule has 0 atom stereocenters. The number of aromatic nitrogens is 6. The number of aryl methyl sites for hydroxylation is 4. The standard InChI is InChI=1S/C17H21N7O3/c1-12-21-16(27-22-12)14-10-18-11-24(17(14)26)8-4-15(25)20-5-3-7-23-9-6-19-13(23)2/h6,9-11H,3-5,7-8H2,1-2H3,(H,20,25). The Morgan fingerprint density at radius 2 is 2.11 bits per heavy atom. The number of hydrogen-bond acceptors (Lipinski definition) is 7. The van der Waals surface area contributed by atoms with E-state index in [9.17, 15) is 9.59 Å². The number of carbonyl (C=O) groups excluding carboxylic acids is 1. The van der Waals surface area contributed by atoms with Crippen LogP contribution in [0.15, 0.2) is 34.2 Å². The van der Waals surface area contributed by atoms with E-state index in [1.54, 1.807) is 13.1 Å².